The number of anilines is 5. The number of alkyl halides is 2. The summed E-state index contributed by atoms with van der Waals surface area (Å²) in [5.74, 6) is -5.50. The van der Waals surface area contributed by atoms with Crippen molar-refractivity contribution in [2.24, 2.45) is 5.92 Å². The summed E-state index contributed by atoms with van der Waals surface area (Å²) in [5, 5.41) is 8.62. The van der Waals surface area contributed by atoms with E-state index < -0.39 is 24.3 Å². The number of amides is 4. The van der Waals surface area contributed by atoms with E-state index >= 15 is 4.39 Å². The van der Waals surface area contributed by atoms with Crippen molar-refractivity contribution in [2.45, 2.75) is 95.2 Å². The van der Waals surface area contributed by atoms with Gasteiger partial charge in [-0.25, -0.2) is 9.37 Å². The van der Waals surface area contributed by atoms with Gasteiger partial charge in [0.1, 0.15) is 17.3 Å². The van der Waals surface area contributed by atoms with E-state index in [1.165, 1.54) is 31.3 Å². The minimum atomic E-state index is -3.60. The van der Waals surface area contributed by atoms with E-state index in [1.54, 1.807) is 44.2 Å². The number of imide groups is 1. The van der Waals surface area contributed by atoms with Gasteiger partial charge in [0, 0.05) is 56.8 Å². The molecule has 3 fully saturated rings. The van der Waals surface area contributed by atoms with Gasteiger partial charge < -0.3 is 35.0 Å². The van der Waals surface area contributed by atoms with E-state index in [4.69, 9.17) is 4.74 Å². The third kappa shape index (κ3) is 9.15. The maximum Gasteiger partial charge on any atom is 0.342 e. The van der Waals surface area contributed by atoms with E-state index in [2.05, 4.69) is 42.8 Å². The lowest BCUT2D eigenvalue weighted by Crippen LogP contribution is -2.47. The van der Waals surface area contributed by atoms with Gasteiger partial charge in [-0.05, 0) is 108 Å². The number of nitrogens with zero attached hydrogens (tertiary/aromatic N) is 6. The molecule has 0 bridgehead atoms. The number of carbonyl (C=O) groups excluding carboxylic acids is 4. The largest absolute Gasteiger partial charge is 0.495 e. The van der Waals surface area contributed by atoms with Crippen LogP contribution in [0.1, 0.15) is 87.1 Å². The summed E-state index contributed by atoms with van der Waals surface area (Å²) < 4.78 is 50.4. The normalized spacial score (nSPS) is 22.4. The lowest BCUT2D eigenvalue weighted by Gasteiger charge is -2.39. The van der Waals surface area contributed by atoms with Crippen molar-refractivity contribution in [3.63, 3.8) is 0 Å². The highest BCUT2D eigenvalue weighted by molar-refractivity contribution is 6.02. The molecule has 14 nitrogen and oxygen atoms in total. The van der Waals surface area contributed by atoms with Gasteiger partial charge in [0.2, 0.25) is 17.8 Å². The van der Waals surface area contributed by atoms with E-state index in [0.717, 1.165) is 63.1 Å². The summed E-state index contributed by atoms with van der Waals surface area (Å²) in [4.78, 5) is 65.3. The molecule has 0 radical (unpaired) electrons. The Hall–Kier alpha value is -5.45. The zero-order valence-electron chi connectivity index (χ0n) is 34.8. The number of benzene rings is 2. The maximum absolute atomic E-state index is 15.3. The molecule has 1 saturated carbocycles. The van der Waals surface area contributed by atoms with Gasteiger partial charge in [0.25, 0.3) is 11.8 Å². The second-order valence-electron chi connectivity index (χ2n) is 16.8. The number of halogens is 3. The van der Waals surface area contributed by atoms with Crippen molar-refractivity contribution in [1.82, 2.24) is 25.5 Å². The molecule has 3 N–H and O–H groups in total. The van der Waals surface area contributed by atoms with Crippen LogP contribution in [0.5, 0.6) is 5.75 Å². The molecule has 60 heavy (non-hydrogen) atoms. The first-order chi connectivity index (χ1) is 28.6. The Kier molecular flexibility index (Phi) is 12.5. The van der Waals surface area contributed by atoms with E-state index in [-0.39, 0.29) is 59.5 Å². The highest BCUT2D eigenvalue weighted by atomic mass is 19.3. The molecule has 0 spiro atoms. The number of fused-ring (bicyclic) bond motifs is 1. The predicted molar refractivity (Wildman–Crippen MR) is 222 cm³/mol. The number of nitrogens with one attached hydrogen (secondary N) is 3. The van der Waals surface area contributed by atoms with Crippen molar-refractivity contribution in [3.8, 4) is 5.75 Å². The molecule has 4 heterocycles. The van der Waals surface area contributed by atoms with Gasteiger partial charge in [0.15, 0.2) is 5.82 Å². The molecular weight excluding hydrogens is 780 g/mol. The number of methoxy groups -OCH3 is 1. The molecule has 1 unspecified atom stereocenters. The second-order valence-corrected chi connectivity index (χ2v) is 16.8. The molecule has 3 aliphatic heterocycles. The number of piperidine rings is 2. The Labute approximate surface area is 348 Å². The molecule has 2 aromatic carbocycles. The predicted octanol–water partition coefficient (Wildman–Crippen LogP) is 5.60. The van der Waals surface area contributed by atoms with Crippen LogP contribution in [-0.2, 0) is 14.4 Å². The van der Waals surface area contributed by atoms with Crippen LogP contribution in [0.2, 0.25) is 0 Å². The lowest BCUT2D eigenvalue weighted by atomic mass is 9.88. The lowest BCUT2D eigenvalue weighted by molar-refractivity contribution is -0.140. The summed E-state index contributed by atoms with van der Waals surface area (Å²) in [6.45, 7) is 5.12. The van der Waals surface area contributed by atoms with Crippen LogP contribution in [0.15, 0.2) is 42.6 Å². The first-order valence-electron chi connectivity index (χ1n) is 20.8. The van der Waals surface area contributed by atoms with Crippen LogP contribution in [0.25, 0.3) is 0 Å². The molecule has 4 amide bonds. The highest BCUT2D eigenvalue weighted by Gasteiger charge is 2.48. The number of ether oxygens (including phenoxy) is 1. The summed E-state index contributed by atoms with van der Waals surface area (Å²) >= 11 is 0. The summed E-state index contributed by atoms with van der Waals surface area (Å²) in [6.07, 6.45) is 7.47. The Morgan fingerprint density at radius 2 is 1.75 bits per heavy atom. The fraction of sp³-hybridized carbons (Fsp3) is 0.535. The van der Waals surface area contributed by atoms with Crippen molar-refractivity contribution < 1.29 is 37.1 Å². The zero-order valence-corrected chi connectivity index (χ0v) is 34.8. The summed E-state index contributed by atoms with van der Waals surface area (Å²) in [7, 11) is 4.93. The molecule has 1 atom stereocenters. The first kappa shape index (κ1) is 42.7. The standard InChI is InChI=1S/C43H54F3N9O5/c1-25(2)55-24-43(45,46)41(59)53(4)35-22-47-42(51-38(35)55)49-33-13-6-28(21-36(33)60-5)39(57)48-29-8-10-30(11-9-29)52(3)23-26-16-18-54(19-17-26)34-14-7-27(20-32(34)44)31-12-15-37(56)50-40(31)58/h6-7,13-14,20-22,25-26,29-31H,8-12,15-19,23-24H2,1-5H3,(H,48,57)(H,47,49,51)(H,50,56,58)/t29-,30+,31?. The van der Waals surface area contributed by atoms with Crippen molar-refractivity contribution in [1.29, 1.82) is 0 Å². The topological polar surface area (TPSA) is 152 Å². The van der Waals surface area contributed by atoms with Crippen molar-refractivity contribution >= 4 is 52.5 Å². The Morgan fingerprint density at radius 1 is 1.02 bits per heavy atom. The Morgan fingerprint density at radius 3 is 2.42 bits per heavy atom. The van der Waals surface area contributed by atoms with Crippen molar-refractivity contribution in [3.05, 3.63) is 59.5 Å². The molecule has 7 rings (SSSR count). The molecule has 2 saturated heterocycles. The van der Waals surface area contributed by atoms with Gasteiger partial charge in [-0.1, -0.05) is 6.07 Å². The molecular formula is C43H54F3N9O5. The summed E-state index contributed by atoms with van der Waals surface area (Å²) in [5.41, 5.74) is 2.20. The molecule has 1 aliphatic carbocycles. The molecule has 1 aromatic heterocycles. The minimum absolute atomic E-state index is 0.0275. The average molecular weight is 834 g/mol. The zero-order chi connectivity index (χ0) is 42.9. The van der Waals surface area contributed by atoms with Crippen LogP contribution < -0.4 is 35.4 Å². The van der Waals surface area contributed by atoms with Gasteiger partial charge in [-0.2, -0.15) is 13.8 Å². The third-order valence-electron chi connectivity index (χ3n) is 12.5. The van der Waals surface area contributed by atoms with Crippen LogP contribution >= 0.6 is 0 Å². The number of hydrogen-bond acceptors (Lipinski definition) is 11. The molecule has 3 aromatic rings. The maximum atomic E-state index is 15.3. The van der Waals surface area contributed by atoms with Crippen LogP contribution in [0.4, 0.5) is 42.0 Å². The highest BCUT2D eigenvalue weighted by Crippen LogP contribution is 2.38. The number of aromatic nitrogens is 2. The van der Waals surface area contributed by atoms with Crippen LogP contribution in [0, 0.1) is 11.7 Å². The second kappa shape index (κ2) is 17.6. The van der Waals surface area contributed by atoms with Gasteiger partial charge in [-0.15, -0.1) is 0 Å². The smallest absolute Gasteiger partial charge is 0.342 e. The first-order valence-corrected chi connectivity index (χ1v) is 20.8. The van der Waals surface area contributed by atoms with Crippen molar-refractivity contribution in [2.75, 3.05) is 67.4 Å². The molecule has 17 heteroatoms. The van der Waals surface area contributed by atoms with E-state index in [9.17, 15) is 28.0 Å². The quantitative estimate of drug-likeness (QED) is 0.207. The molecule has 322 valence electrons. The minimum Gasteiger partial charge on any atom is -0.495 e. The molecule has 4 aliphatic rings. The fourth-order valence-corrected chi connectivity index (χ4v) is 8.92. The van der Waals surface area contributed by atoms with Gasteiger partial charge >= 0.3 is 5.92 Å². The summed E-state index contributed by atoms with van der Waals surface area (Å²) in [6, 6.07) is 10.0. The number of carbonyl (C=O) groups is 4. The van der Waals surface area contributed by atoms with Crippen LogP contribution in [0.3, 0.4) is 0 Å². The van der Waals surface area contributed by atoms with E-state index in [1.807, 2.05) is 0 Å². The number of rotatable bonds is 11. The van der Waals surface area contributed by atoms with Crippen LogP contribution in [-0.4, -0.2) is 110 Å². The van der Waals surface area contributed by atoms with Gasteiger partial charge in [0.05, 0.1) is 37.1 Å². The fourth-order valence-electron chi connectivity index (χ4n) is 8.92. The Balaban J connectivity index is 0.883. The monoisotopic (exact) mass is 833 g/mol. The third-order valence-corrected chi connectivity index (χ3v) is 12.5. The SMILES string of the molecule is COc1cc(C(=O)N[C@H]2CC[C@@H](N(C)CC3CCN(c4ccc(C5CCC(=O)NC5=O)cc4F)CC3)CC2)ccc1Nc1ncc2c(n1)N(C(C)C)CC(F)(F)C(=O)N2C. The number of hydrogen-bond donors (Lipinski definition) is 3. The van der Waals surface area contributed by atoms with E-state index in [0.29, 0.717) is 46.6 Å². The average Bonchev–Trinajstić information content (AvgIpc) is 3.29. The van der Waals surface area contributed by atoms with Gasteiger partial charge in [-0.3, -0.25) is 24.5 Å². The Bertz CT molecular complexity index is 2110.